The van der Waals surface area contributed by atoms with Gasteiger partial charge in [-0.25, -0.2) is 18.9 Å². The van der Waals surface area contributed by atoms with E-state index in [1.165, 1.54) is 10.7 Å². The van der Waals surface area contributed by atoms with Gasteiger partial charge in [0.25, 0.3) is 5.91 Å². The van der Waals surface area contributed by atoms with Gasteiger partial charge >= 0.3 is 0 Å². The van der Waals surface area contributed by atoms with Crippen LogP contribution in [-0.2, 0) is 4.74 Å². The number of nitrogens with one attached hydrogen (secondary N) is 1. The monoisotopic (exact) mass is 411 g/mol. The Bertz CT molecular complexity index is 1070. The number of carbonyl (C=O) groups is 1. The number of carbonyl (C=O) groups excluding carboxylic acids is 1. The van der Waals surface area contributed by atoms with Gasteiger partial charge in [-0.1, -0.05) is 6.07 Å². The van der Waals surface area contributed by atoms with Crippen molar-refractivity contribution in [1.82, 2.24) is 19.6 Å². The Morgan fingerprint density at radius 2 is 1.97 bits per heavy atom. The molecule has 30 heavy (non-hydrogen) atoms. The first-order chi connectivity index (χ1) is 14.7. The molecule has 1 amide bonds. The Kier molecular flexibility index (Phi) is 4.91. The SMILES string of the molecule is O=C(Nc1cccc(N2CCOCC2)n1)c1cnc2ccc(N3CCC(F)C3)nn12. The van der Waals surface area contributed by atoms with Crippen molar-refractivity contribution in [3.8, 4) is 0 Å². The number of amides is 1. The minimum atomic E-state index is -0.849. The second-order valence-corrected chi connectivity index (χ2v) is 7.37. The molecule has 2 fully saturated rings. The van der Waals surface area contributed by atoms with Crippen LogP contribution in [0.1, 0.15) is 16.9 Å². The molecule has 2 aliphatic rings. The van der Waals surface area contributed by atoms with Crippen LogP contribution in [0, 0.1) is 0 Å². The minimum Gasteiger partial charge on any atom is -0.378 e. The summed E-state index contributed by atoms with van der Waals surface area (Å²) >= 11 is 0. The van der Waals surface area contributed by atoms with Crippen molar-refractivity contribution in [2.24, 2.45) is 0 Å². The van der Waals surface area contributed by atoms with Crippen molar-refractivity contribution in [2.45, 2.75) is 12.6 Å². The summed E-state index contributed by atoms with van der Waals surface area (Å²) in [4.78, 5) is 25.7. The van der Waals surface area contributed by atoms with Gasteiger partial charge < -0.3 is 19.9 Å². The van der Waals surface area contributed by atoms with Gasteiger partial charge in [-0.05, 0) is 30.7 Å². The predicted molar refractivity (Wildman–Crippen MR) is 110 cm³/mol. The van der Waals surface area contributed by atoms with Gasteiger partial charge in [-0.3, -0.25) is 4.79 Å². The highest BCUT2D eigenvalue weighted by Crippen LogP contribution is 2.21. The van der Waals surface area contributed by atoms with E-state index in [2.05, 4.69) is 25.3 Å². The van der Waals surface area contributed by atoms with E-state index in [1.54, 1.807) is 18.2 Å². The molecule has 3 aromatic rings. The summed E-state index contributed by atoms with van der Waals surface area (Å²) in [6.07, 6.45) is 1.12. The molecular weight excluding hydrogens is 389 g/mol. The molecule has 5 rings (SSSR count). The first kappa shape index (κ1) is 18.7. The molecule has 0 bridgehead atoms. The molecule has 2 aliphatic heterocycles. The number of nitrogens with zero attached hydrogens (tertiary/aromatic N) is 6. The number of rotatable bonds is 4. The number of fused-ring (bicyclic) bond motifs is 1. The zero-order valence-corrected chi connectivity index (χ0v) is 16.4. The third-order valence-corrected chi connectivity index (χ3v) is 5.35. The molecular formula is C20H22FN7O2. The van der Waals surface area contributed by atoms with Crippen molar-refractivity contribution in [1.29, 1.82) is 0 Å². The Morgan fingerprint density at radius 1 is 1.10 bits per heavy atom. The molecule has 0 spiro atoms. The lowest BCUT2D eigenvalue weighted by Gasteiger charge is -2.27. The smallest absolute Gasteiger partial charge is 0.277 e. The predicted octanol–water partition coefficient (Wildman–Crippen LogP) is 1.76. The van der Waals surface area contributed by atoms with E-state index in [0.717, 1.165) is 18.9 Å². The van der Waals surface area contributed by atoms with E-state index in [4.69, 9.17) is 4.74 Å². The topological polar surface area (TPSA) is 87.9 Å². The minimum absolute atomic E-state index is 0.293. The van der Waals surface area contributed by atoms with Crippen LogP contribution in [0.15, 0.2) is 36.5 Å². The third-order valence-electron chi connectivity index (χ3n) is 5.35. The maximum Gasteiger partial charge on any atom is 0.277 e. The zero-order chi connectivity index (χ0) is 20.5. The van der Waals surface area contributed by atoms with Crippen molar-refractivity contribution >= 4 is 29.0 Å². The molecule has 156 valence electrons. The lowest BCUT2D eigenvalue weighted by atomic mass is 10.3. The van der Waals surface area contributed by atoms with Crippen LogP contribution in [-0.4, -0.2) is 71.1 Å². The van der Waals surface area contributed by atoms with Gasteiger partial charge in [0.1, 0.15) is 23.6 Å². The fraction of sp³-hybridized carbons (Fsp3) is 0.400. The van der Waals surface area contributed by atoms with Gasteiger partial charge in [0, 0.05) is 19.6 Å². The van der Waals surface area contributed by atoms with Crippen LogP contribution < -0.4 is 15.1 Å². The standard InChI is InChI=1S/C20H22FN7O2/c21-14-6-7-27(13-14)19-5-4-17-22-12-15(28(17)25-19)20(29)24-16-2-1-3-18(23-16)26-8-10-30-11-9-26/h1-5,12,14H,6-11,13H2,(H,23,24,29). The Hall–Kier alpha value is -3.27. The first-order valence-corrected chi connectivity index (χ1v) is 10.0. The van der Waals surface area contributed by atoms with Crippen molar-refractivity contribution in [3.05, 3.63) is 42.2 Å². The molecule has 1 atom stereocenters. The van der Waals surface area contributed by atoms with Crippen LogP contribution >= 0.6 is 0 Å². The molecule has 0 saturated carbocycles. The number of pyridine rings is 1. The van der Waals surface area contributed by atoms with Gasteiger partial charge in [0.15, 0.2) is 11.3 Å². The quantitative estimate of drug-likeness (QED) is 0.700. The third kappa shape index (κ3) is 3.65. The van der Waals surface area contributed by atoms with Gasteiger partial charge in [-0.15, -0.1) is 5.10 Å². The maximum absolute atomic E-state index is 13.6. The fourth-order valence-electron chi connectivity index (χ4n) is 3.75. The second-order valence-electron chi connectivity index (χ2n) is 7.37. The molecule has 1 unspecified atom stereocenters. The van der Waals surface area contributed by atoms with E-state index < -0.39 is 6.17 Å². The van der Waals surface area contributed by atoms with Crippen LogP contribution in [0.3, 0.4) is 0 Å². The lowest BCUT2D eigenvalue weighted by Crippen LogP contribution is -2.36. The molecule has 0 radical (unpaired) electrons. The normalized spacial score (nSPS) is 19.4. The van der Waals surface area contributed by atoms with E-state index in [9.17, 15) is 9.18 Å². The number of hydrogen-bond acceptors (Lipinski definition) is 7. The number of halogens is 1. The summed E-state index contributed by atoms with van der Waals surface area (Å²) in [6.45, 7) is 3.77. The molecule has 0 aromatic carbocycles. The molecule has 5 heterocycles. The van der Waals surface area contributed by atoms with Gasteiger partial charge in [0.2, 0.25) is 0 Å². The van der Waals surface area contributed by atoms with E-state index >= 15 is 0 Å². The average molecular weight is 411 g/mol. The number of hydrogen-bond donors (Lipinski definition) is 1. The van der Waals surface area contributed by atoms with Crippen LogP contribution in [0.5, 0.6) is 0 Å². The lowest BCUT2D eigenvalue weighted by molar-refractivity contribution is 0.102. The largest absolute Gasteiger partial charge is 0.378 e. The van der Waals surface area contributed by atoms with Crippen molar-refractivity contribution in [3.63, 3.8) is 0 Å². The van der Waals surface area contributed by atoms with Crippen LogP contribution in [0.25, 0.3) is 5.65 Å². The molecule has 9 nitrogen and oxygen atoms in total. The molecule has 1 N–H and O–H groups in total. The summed E-state index contributed by atoms with van der Waals surface area (Å²) in [5.41, 5.74) is 0.844. The summed E-state index contributed by atoms with van der Waals surface area (Å²) in [5, 5.41) is 7.34. The highest BCUT2D eigenvalue weighted by molar-refractivity contribution is 6.02. The second kappa shape index (κ2) is 7.86. The first-order valence-electron chi connectivity index (χ1n) is 10.0. The summed E-state index contributed by atoms with van der Waals surface area (Å²) in [5.74, 6) is 1.52. The number of alkyl halides is 1. The Labute approximate surface area is 172 Å². The summed E-state index contributed by atoms with van der Waals surface area (Å²) in [6, 6.07) is 9.10. The summed E-state index contributed by atoms with van der Waals surface area (Å²) < 4.78 is 20.4. The molecule has 0 aliphatic carbocycles. The number of anilines is 3. The Balaban J connectivity index is 1.37. The summed E-state index contributed by atoms with van der Waals surface area (Å²) in [7, 11) is 0. The molecule has 10 heteroatoms. The maximum atomic E-state index is 13.6. The number of ether oxygens (including phenoxy) is 1. The van der Waals surface area contributed by atoms with E-state index in [0.29, 0.717) is 55.7 Å². The fourth-order valence-corrected chi connectivity index (χ4v) is 3.75. The zero-order valence-electron chi connectivity index (χ0n) is 16.4. The Morgan fingerprint density at radius 3 is 2.77 bits per heavy atom. The number of morpholine rings is 1. The highest BCUT2D eigenvalue weighted by atomic mass is 19.1. The van der Waals surface area contributed by atoms with E-state index in [1.807, 2.05) is 17.0 Å². The van der Waals surface area contributed by atoms with Crippen molar-refractivity contribution < 1.29 is 13.9 Å². The van der Waals surface area contributed by atoms with Gasteiger partial charge in [0.05, 0.1) is 26.0 Å². The van der Waals surface area contributed by atoms with Gasteiger partial charge in [-0.2, -0.15) is 0 Å². The van der Waals surface area contributed by atoms with E-state index in [-0.39, 0.29) is 5.91 Å². The average Bonchev–Trinajstić information content (AvgIpc) is 3.40. The van der Waals surface area contributed by atoms with Crippen molar-refractivity contribution in [2.75, 3.05) is 54.5 Å². The van der Waals surface area contributed by atoms with Crippen LogP contribution in [0.4, 0.5) is 21.8 Å². The number of aromatic nitrogens is 4. The molecule has 2 saturated heterocycles. The number of imidazole rings is 1. The van der Waals surface area contributed by atoms with Crippen LogP contribution in [0.2, 0.25) is 0 Å². The molecule has 3 aromatic heterocycles. The highest BCUT2D eigenvalue weighted by Gasteiger charge is 2.24.